The highest BCUT2D eigenvalue weighted by atomic mass is 35.5. The van der Waals surface area contributed by atoms with Gasteiger partial charge in [-0.2, -0.15) is 0 Å². The van der Waals surface area contributed by atoms with Crippen LogP contribution in [0.25, 0.3) is 0 Å². The summed E-state index contributed by atoms with van der Waals surface area (Å²) in [7, 11) is 0. The smallest absolute Gasteiger partial charge is 0.283 e. The van der Waals surface area contributed by atoms with Gasteiger partial charge in [-0.1, -0.05) is 40.9 Å². The van der Waals surface area contributed by atoms with Crippen LogP contribution in [-0.2, 0) is 9.59 Å². The first kappa shape index (κ1) is 23.8. The molecule has 0 spiro atoms. The molecule has 0 fully saturated rings. The van der Waals surface area contributed by atoms with Crippen LogP contribution in [0.3, 0.4) is 0 Å². The summed E-state index contributed by atoms with van der Waals surface area (Å²) in [5.41, 5.74) is 3.68. The molecule has 0 saturated heterocycles. The maximum absolute atomic E-state index is 13.0. The number of rotatable bonds is 5. The molecule has 3 aromatic rings. The number of hydrogen-bond donors (Lipinski definition) is 2. The molecule has 9 heteroatoms. The molecule has 2 N–H and O–H groups in total. The minimum absolute atomic E-state index is 0.0324. The van der Waals surface area contributed by atoms with Crippen molar-refractivity contribution in [3.8, 4) is 0 Å². The molecular weight excluding hydrogens is 497 g/mol. The number of benzene rings is 3. The number of imide groups is 1. The van der Waals surface area contributed by atoms with Crippen molar-refractivity contribution in [3.05, 3.63) is 98.1 Å². The van der Waals surface area contributed by atoms with E-state index in [-0.39, 0.29) is 16.6 Å². The van der Waals surface area contributed by atoms with Crippen molar-refractivity contribution >= 4 is 69.6 Å². The number of nitrogens with one attached hydrogen (secondary N) is 2. The highest BCUT2D eigenvalue weighted by Crippen LogP contribution is 2.31. The van der Waals surface area contributed by atoms with E-state index in [9.17, 15) is 14.4 Å². The standard InChI is InChI=1S/C25H18Cl3N3O3/c1-13-3-9-18(11-14(13)2)31-24(33)21(28)22(25(31)34)29-17-7-4-15(5-8-17)23(32)30-20-10-6-16(26)12-19(20)27/h3-12,29H,1-2H3,(H,30,32). The highest BCUT2D eigenvalue weighted by Gasteiger charge is 2.39. The lowest BCUT2D eigenvalue weighted by atomic mass is 10.1. The summed E-state index contributed by atoms with van der Waals surface area (Å²) < 4.78 is 0. The molecule has 0 unspecified atom stereocenters. The number of carbonyl (C=O) groups excluding carboxylic acids is 3. The Bertz CT molecular complexity index is 1370. The molecule has 34 heavy (non-hydrogen) atoms. The number of carbonyl (C=O) groups is 3. The van der Waals surface area contributed by atoms with Gasteiger partial charge in [0.2, 0.25) is 0 Å². The van der Waals surface area contributed by atoms with Crippen LogP contribution in [0.15, 0.2) is 71.4 Å². The first-order valence-electron chi connectivity index (χ1n) is 10.1. The van der Waals surface area contributed by atoms with E-state index in [0.29, 0.717) is 32.7 Å². The minimum atomic E-state index is -0.603. The first-order valence-corrected chi connectivity index (χ1v) is 11.3. The van der Waals surface area contributed by atoms with Gasteiger partial charge < -0.3 is 10.6 Å². The van der Waals surface area contributed by atoms with Gasteiger partial charge in [0.05, 0.1) is 16.4 Å². The van der Waals surface area contributed by atoms with Crippen LogP contribution in [0, 0.1) is 13.8 Å². The van der Waals surface area contributed by atoms with E-state index in [4.69, 9.17) is 34.8 Å². The zero-order valence-electron chi connectivity index (χ0n) is 18.1. The van der Waals surface area contributed by atoms with Crippen LogP contribution < -0.4 is 15.5 Å². The number of anilines is 3. The first-order chi connectivity index (χ1) is 16.2. The van der Waals surface area contributed by atoms with E-state index in [1.807, 2.05) is 19.9 Å². The second-order valence-corrected chi connectivity index (χ2v) is 8.91. The third-order valence-electron chi connectivity index (χ3n) is 5.37. The van der Waals surface area contributed by atoms with Gasteiger partial charge in [-0.25, -0.2) is 4.90 Å². The molecule has 0 bridgehead atoms. The van der Waals surface area contributed by atoms with Gasteiger partial charge in [0.1, 0.15) is 10.7 Å². The van der Waals surface area contributed by atoms with E-state index in [1.54, 1.807) is 48.5 Å². The van der Waals surface area contributed by atoms with Crippen LogP contribution in [0.1, 0.15) is 21.5 Å². The summed E-state index contributed by atoms with van der Waals surface area (Å²) in [6.45, 7) is 3.84. The molecule has 0 saturated carbocycles. The molecule has 1 aliphatic heterocycles. The fourth-order valence-electron chi connectivity index (χ4n) is 3.35. The summed E-state index contributed by atoms with van der Waals surface area (Å²) >= 11 is 18.2. The molecule has 0 aliphatic carbocycles. The van der Waals surface area contributed by atoms with Gasteiger partial charge in [0.25, 0.3) is 17.7 Å². The van der Waals surface area contributed by atoms with Crippen LogP contribution in [0.4, 0.5) is 17.1 Å². The molecule has 6 nitrogen and oxygen atoms in total. The Morgan fingerprint density at radius 2 is 1.53 bits per heavy atom. The maximum Gasteiger partial charge on any atom is 0.283 e. The quantitative estimate of drug-likeness (QED) is 0.392. The summed E-state index contributed by atoms with van der Waals surface area (Å²) in [6.07, 6.45) is 0. The molecule has 3 aromatic carbocycles. The maximum atomic E-state index is 13.0. The zero-order chi connectivity index (χ0) is 24.6. The van der Waals surface area contributed by atoms with E-state index < -0.39 is 11.8 Å². The van der Waals surface area contributed by atoms with Crippen molar-refractivity contribution in [1.29, 1.82) is 0 Å². The van der Waals surface area contributed by atoms with Gasteiger partial charge in [-0.3, -0.25) is 14.4 Å². The Morgan fingerprint density at radius 3 is 2.18 bits per heavy atom. The fourth-order valence-corrected chi connectivity index (χ4v) is 4.01. The largest absolute Gasteiger partial charge is 0.350 e. The topological polar surface area (TPSA) is 78.5 Å². The normalized spacial score (nSPS) is 13.5. The molecule has 4 rings (SSSR count). The van der Waals surface area contributed by atoms with Crippen LogP contribution in [0.5, 0.6) is 0 Å². The molecule has 0 radical (unpaired) electrons. The Labute approximate surface area is 211 Å². The SMILES string of the molecule is Cc1ccc(N2C(=O)C(Cl)=C(Nc3ccc(C(=O)Nc4ccc(Cl)cc4Cl)cc3)C2=O)cc1C. The average Bonchev–Trinajstić information content (AvgIpc) is 3.01. The van der Waals surface area contributed by atoms with Gasteiger partial charge in [0, 0.05) is 16.3 Å². The van der Waals surface area contributed by atoms with E-state index in [2.05, 4.69) is 10.6 Å². The van der Waals surface area contributed by atoms with Gasteiger partial charge in [-0.05, 0) is 79.6 Å². The number of hydrogen-bond acceptors (Lipinski definition) is 4. The fraction of sp³-hybridized carbons (Fsp3) is 0.0800. The molecular formula is C25H18Cl3N3O3. The third-order valence-corrected chi connectivity index (χ3v) is 6.27. The number of nitrogens with zero attached hydrogens (tertiary/aromatic N) is 1. The summed E-state index contributed by atoms with van der Waals surface area (Å²) in [6, 6.07) is 16.4. The number of halogens is 3. The molecule has 1 aliphatic rings. The predicted octanol–water partition coefficient (Wildman–Crippen LogP) is 6.30. The summed E-state index contributed by atoms with van der Waals surface area (Å²) in [5, 5.41) is 6.18. The monoisotopic (exact) mass is 513 g/mol. The van der Waals surface area contributed by atoms with Gasteiger partial charge in [0.15, 0.2) is 0 Å². The van der Waals surface area contributed by atoms with E-state index in [0.717, 1.165) is 16.0 Å². The number of amides is 3. The third kappa shape index (κ3) is 4.66. The van der Waals surface area contributed by atoms with Crippen molar-refractivity contribution in [2.45, 2.75) is 13.8 Å². The second kappa shape index (κ2) is 9.50. The lowest BCUT2D eigenvalue weighted by molar-refractivity contribution is -0.120. The Kier molecular flexibility index (Phi) is 6.66. The van der Waals surface area contributed by atoms with Gasteiger partial charge >= 0.3 is 0 Å². The Morgan fingerprint density at radius 1 is 0.824 bits per heavy atom. The van der Waals surface area contributed by atoms with Crippen LogP contribution in [-0.4, -0.2) is 17.7 Å². The lowest BCUT2D eigenvalue weighted by Gasteiger charge is -2.16. The average molecular weight is 515 g/mol. The molecule has 1 heterocycles. The Balaban J connectivity index is 1.49. The van der Waals surface area contributed by atoms with E-state index >= 15 is 0 Å². The highest BCUT2D eigenvalue weighted by molar-refractivity contribution is 6.53. The van der Waals surface area contributed by atoms with Gasteiger partial charge in [-0.15, -0.1) is 0 Å². The van der Waals surface area contributed by atoms with Crippen LogP contribution in [0.2, 0.25) is 10.0 Å². The minimum Gasteiger partial charge on any atom is -0.350 e. The second-order valence-electron chi connectivity index (χ2n) is 7.68. The molecule has 3 amide bonds. The molecule has 0 atom stereocenters. The van der Waals surface area contributed by atoms with Crippen molar-refractivity contribution in [2.75, 3.05) is 15.5 Å². The zero-order valence-corrected chi connectivity index (χ0v) is 20.3. The molecule has 0 aromatic heterocycles. The summed E-state index contributed by atoms with van der Waals surface area (Å²) in [4.78, 5) is 39.2. The van der Waals surface area contributed by atoms with Crippen LogP contribution >= 0.6 is 34.8 Å². The molecule has 172 valence electrons. The summed E-state index contributed by atoms with van der Waals surface area (Å²) in [5.74, 6) is -1.54. The Hall–Kier alpha value is -3.32. The van der Waals surface area contributed by atoms with Crippen molar-refractivity contribution < 1.29 is 14.4 Å². The number of aryl methyl sites for hydroxylation is 2. The lowest BCUT2D eigenvalue weighted by Crippen LogP contribution is -2.32. The van der Waals surface area contributed by atoms with Crippen molar-refractivity contribution in [3.63, 3.8) is 0 Å². The predicted molar refractivity (Wildman–Crippen MR) is 136 cm³/mol. The van der Waals surface area contributed by atoms with Crippen molar-refractivity contribution in [2.24, 2.45) is 0 Å². The van der Waals surface area contributed by atoms with E-state index in [1.165, 1.54) is 6.07 Å². The van der Waals surface area contributed by atoms with Crippen molar-refractivity contribution in [1.82, 2.24) is 0 Å².